The van der Waals surface area contributed by atoms with Crippen molar-refractivity contribution in [2.45, 2.75) is 30.3 Å². The number of nitrogens with zero attached hydrogens (tertiary/aromatic N) is 4. The number of carbonyl (C=O) groups is 2. The Morgan fingerprint density at radius 1 is 1.00 bits per heavy atom. The molecule has 3 aliphatic rings. The number of urea groups is 1. The highest BCUT2D eigenvalue weighted by Crippen LogP contribution is 2.46. The molecular weight excluding hydrogens is 684 g/mol. The van der Waals surface area contributed by atoms with Gasteiger partial charge in [0.2, 0.25) is 15.9 Å². The van der Waals surface area contributed by atoms with Crippen LogP contribution in [0.1, 0.15) is 42.1 Å². The highest BCUT2D eigenvalue weighted by atomic mass is 35.5. The minimum Gasteiger partial charge on any atom is -0.493 e. The van der Waals surface area contributed by atoms with Crippen LogP contribution in [0.2, 0.25) is 10.0 Å². The van der Waals surface area contributed by atoms with Crippen LogP contribution in [-0.2, 0) is 19.6 Å². The number of amides is 3. The van der Waals surface area contributed by atoms with Crippen molar-refractivity contribution in [3.8, 4) is 5.75 Å². The van der Waals surface area contributed by atoms with Gasteiger partial charge in [-0.1, -0.05) is 47.5 Å². The van der Waals surface area contributed by atoms with Crippen LogP contribution in [0.25, 0.3) is 0 Å². The van der Waals surface area contributed by atoms with Gasteiger partial charge in [-0.3, -0.25) is 14.7 Å². The molecule has 6 rings (SSSR count). The number of hydrogen-bond donors (Lipinski definition) is 1. The van der Waals surface area contributed by atoms with Gasteiger partial charge in [-0.2, -0.15) is 4.31 Å². The van der Waals surface area contributed by atoms with Crippen molar-refractivity contribution in [2.75, 3.05) is 52.5 Å². The molecule has 0 unspecified atom stereocenters. The molecule has 11 nitrogen and oxygen atoms in total. The SMILES string of the molecule is CCOc1cc(F)c(S(=O)(=O)N2CCOCC2)cc1C1=N[C@@H](c2ccc(Cl)cc2)[C@@H](c2ccc(Cl)cc2)N1C(=O)N1CCNC(=O)CC1. The van der Waals surface area contributed by atoms with Gasteiger partial charge in [0.05, 0.1) is 31.4 Å². The fourth-order valence-electron chi connectivity index (χ4n) is 6.07. The van der Waals surface area contributed by atoms with Crippen molar-refractivity contribution >= 4 is 51.0 Å². The summed E-state index contributed by atoms with van der Waals surface area (Å²) < 4.78 is 55.8. The smallest absolute Gasteiger partial charge is 0.326 e. The summed E-state index contributed by atoms with van der Waals surface area (Å²) in [5, 5.41) is 3.79. The van der Waals surface area contributed by atoms with E-state index in [1.54, 1.807) is 48.2 Å². The molecule has 3 aromatic rings. The van der Waals surface area contributed by atoms with Gasteiger partial charge in [0.15, 0.2) is 0 Å². The lowest BCUT2D eigenvalue weighted by Gasteiger charge is -2.34. The van der Waals surface area contributed by atoms with Gasteiger partial charge in [-0.25, -0.2) is 17.6 Å². The standard InChI is InChI=1S/C33H34Cl2FN5O6S/c1-2-47-27-20-26(36)28(48(44,45)40-15-17-46-18-16-40)19-25(27)32-38-30(21-3-7-23(34)8-4-21)31(22-5-9-24(35)10-6-22)41(32)33(43)39-13-11-29(42)37-12-14-39/h3-10,19-20,30-31H,2,11-18H2,1H3,(H,37,42)/t30-,31+/m0/s1. The normalized spacial score (nSPS) is 20.7. The van der Waals surface area contributed by atoms with Gasteiger partial charge in [0.25, 0.3) is 0 Å². The summed E-state index contributed by atoms with van der Waals surface area (Å²) in [6.45, 7) is 2.95. The lowest BCUT2D eigenvalue weighted by molar-refractivity contribution is -0.120. The van der Waals surface area contributed by atoms with Crippen molar-refractivity contribution in [3.05, 3.63) is 93.2 Å². The van der Waals surface area contributed by atoms with Crippen LogP contribution < -0.4 is 10.1 Å². The van der Waals surface area contributed by atoms with Gasteiger partial charge in [0.1, 0.15) is 28.3 Å². The van der Waals surface area contributed by atoms with Crippen molar-refractivity contribution in [2.24, 2.45) is 4.99 Å². The first kappa shape index (κ1) is 34.1. The number of sulfonamides is 1. The Bertz CT molecular complexity index is 1820. The van der Waals surface area contributed by atoms with Crippen LogP contribution in [0, 0.1) is 5.82 Å². The summed E-state index contributed by atoms with van der Waals surface area (Å²) >= 11 is 12.5. The molecule has 0 saturated carbocycles. The number of rotatable bonds is 7. The van der Waals surface area contributed by atoms with Crippen LogP contribution in [-0.4, -0.2) is 92.8 Å². The van der Waals surface area contributed by atoms with E-state index in [2.05, 4.69) is 5.32 Å². The van der Waals surface area contributed by atoms with E-state index in [9.17, 15) is 18.0 Å². The third-order valence-corrected chi connectivity index (χ3v) is 10.9. The molecule has 0 aliphatic carbocycles. The number of nitrogens with one attached hydrogen (secondary N) is 1. The minimum absolute atomic E-state index is 0.0202. The topological polar surface area (TPSA) is 121 Å². The molecule has 3 heterocycles. The van der Waals surface area contributed by atoms with E-state index >= 15 is 4.39 Å². The maximum Gasteiger partial charge on any atom is 0.326 e. The van der Waals surface area contributed by atoms with E-state index in [0.717, 1.165) is 11.6 Å². The Kier molecular flexibility index (Phi) is 10.2. The molecule has 1 N–H and O–H groups in total. The number of hydrogen-bond acceptors (Lipinski definition) is 7. The molecule has 3 aliphatic heterocycles. The van der Waals surface area contributed by atoms with Crippen LogP contribution in [0.15, 0.2) is 70.6 Å². The zero-order chi connectivity index (χ0) is 34.0. The molecule has 0 spiro atoms. The lowest BCUT2D eigenvalue weighted by atomic mass is 9.93. The summed E-state index contributed by atoms with van der Waals surface area (Å²) in [7, 11) is -4.31. The second-order valence-corrected chi connectivity index (χ2v) is 14.2. The summed E-state index contributed by atoms with van der Waals surface area (Å²) in [6, 6.07) is 14.4. The monoisotopic (exact) mass is 717 g/mol. The molecule has 0 aromatic heterocycles. The van der Waals surface area contributed by atoms with Crippen LogP contribution in [0.5, 0.6) is 5.75 Å². The number of aliphatic imine (C=N–C) groups is 1. The van der Waals surface area contributed by atoms with Crippen molar-refractivity contribution < 1.29 is 31.9 Å². The van der Waals surface area contributed by atoms with E-state index in [1.165, 1.54) is 15.3 Å². The van der Waals surface area contributed by atoms with E-state index < -0.39 is 38.9 Å². The summed E-state index contributed by atoms with van der Waals surface area (Å²) in [5.74, 6) is -1.06. The van der Waals surface area contributed by atoms with E-state index in [0.29, 0.717) is 15.6 Å². The van der Waals surface area contributed by atoms with Crippen molar-refractivity contribution in [3.63, 3.8) is 0 Å². The average molecular weight is 719 g/mol. The molecule has 3 aromatic carbocycles. The van der Waals surface area contributed by atoms with Gasteiger partial charge < -0.3 is 19.7 Å². The van der Waals surface area contributed by atoms with Crippen LogP contribution in [0.3, 0.4) is 0 Å². The number of halogens is 3. The first-order valence-electron chi connectivity index (χ1n) is 15.6. The fraction of sp³-hybridized carbons (Fsp3) is 0.364. The highest BCUT2D eigenvalue weighted by Gasteiger charge is 2.45. The number of benzene rings is 3. The van der Waals surface area contributed by atoms with Gasteiger partial charge >= 0.3 is 6.03 Å². The number of morpholine rings is 1. The first-order chi connectivity index (χ1) is 23.1. The van der Waals surface area contributed by atoms with Crippen molar-refractivity contribution in [1.82, 2.24) is 19.4 Å². The predicted molar refractivity (Wildman–Crippen MR) is 179 cm³/mol. The Morgan fingerprint density at radius 3 is 2.29 bits per heavy atom. The summed E-state index contributed by atoms with van der Waals surface area (Å²) in [5.41, 5.74) is 1.54. The van der Waals surface area contributed by atoms with Crippen LogP contribution >= 0.6 is 23.2 Å². The average Bonchev–Trinajstić information content (AvgIpc) is 3.33. The molecule has 3 amide bonds. The lowest BCUT2D eigenvalue weighted by Crippen LogP contribution is -2.47. The van der Waals surface area contributed by atoms with Gasteiger partial charge in [-0.15, -0.1) is 0 Å². The Morgan fingerprint density at radius 2 is 1.65 bits per heavy atom. The molecule has 2 atom stereocenters. The number of amidine groups is 1. The maximum atomic E-state index is 15.8. The minimum atomic E-state index is -4.31. The zero-order valence-electron chi connectivity index (χ0n) is 26.1. The number of ether oxygens (including phenoxy) is 2. The molecule has 48 heavy (non-hydrogen) atoms. The van der Waals surface area contributed by atoms with E-state index in [-0.39, 0.29) is 82.0 Å². The van der Waals surface area contributed by atoms with E-state index in [1.807, 2.05) is 12.1 Å². The first-order valence-corrected chi connectivity index (χ1v) is 17.8. The van der Waals surface area contributed by atoms with E-state index in [4.69, 9.17) is 37.7 Å². The van der Waals surface area contributed by atoms with Crippen LogP contribution in [0.4, 0.5) is 9.18 Å². The molecule has 2 fully saturated rings. The molecule has 0 bridgehead atoms. The molecule has 254 valence electrons. The second-order valence-electron chi connectivity index (χ2n) is 11.4. The molecule has 15 heteroatoms. The fourth-order valence-corrected chi connectivity index (χ4v) is 7.81. The highest BCUT2D eigenvalue weighted by molar-refractivity contribution is 7.89. The third kappa shape index (κ3) is 6.88. The second kappa shape index (κ2) is 14.4. The maximum absolute atomic E-state index is 15.8. The summed E-state index contributed by atoms with van der Waals surface area (Å²) in [6.07, 6.45) is 0.0982. The third-order valence-electron chi connectivity index (χ3n) is 8.44. The van der Waals surface area contributed by atoms with Gasteiger partial charge in [-0.05, 0) is 48.4 Å². The van der Waals surface area contributed by atoms with Crippen molar-refractivity contribution in [1.29, 1.82) is 0 Å². The Labute approximate surface area is 288 Å². The molecule has 0 radical (unpaired) electrons. The molecule has 2 saturated heterocycles. The zero-order valence-corrected chi connectivity index (χ0v) is 28.4. The Hall–Kier alpha value is -3.75. The summed E-state index contributed by atoms with van der Waals surface area (Å²) in [4.78, 5) is 34.5. The largest absolute Gasteiger partial charge is 0.493 e. The predicted octanol–water partition coefficient (Wildman–Crippen LogP) is 5.04. The molecular formula is C33H34Cl2FN5O6S. The number of carbonyl (C=O) groups excluding carboxylic acids is 2. The van der Waals surface area contributed by atoms with Gasteiger partial charge in [0, 0.05) is 55.3 Å². The quantitative estimate of drug-likeness (QED) is 0.366. The Balaban J connectivity index is 1.57.